The summed E-state index contributed by atoms with van der Waals surface area (Å²) < 4.78 is 1.98. The van der Waals surface area contributed by atoms with Gasteiger partial charge >= 0.3 is 0 Å². The number of aromatic amines is 1. The van der Waals surface area contributed by atoms with E-state index >= 15 is 0 Å². The van der Waals surface area contributed by atoms with Gasteiger partial charge in [0.1, 0.15) is 5.75 Å². The van der Waals surface area contributed by atoms with E-state index in [0.29, 0.717) is 10.6 Å². The SMILES string of the molecule is Oc1cccc(/C=N\n2c(-c3cccs3)n[nH]c2=S)c1. The molecule has 2 heterocycles. The van der Waals surface area contributed by atoms with Crippen LogP contribution in [0.3, 0.4) is 0 Å². The third-order valence-electron chi connectivity index (χ3n) is 2.58. The van der Waals surface area contributed by atoms with Gasteiger partial charge in [0.2, 0.25) is 4.77 Å². The van der Waals surface area contributed by atoms with E-state index in [0.717, 1.165) is 10.4 Å². The number of phenols is 1. The zero-order valence-electron chi connectivity index (χ0n) is 10.2. The number of aromatic nitrogens is 3. The second kappa shape index (κ2) is 5.40. The van der Waals surface area contributed by atoms with Crippen LogP contribution in [0.1, 0.15) is 5.56 Å². The standard InChI is InChI=1S/C13H10N4OS2/c18-10-4-1-3-9(7-10)8-14-17-12(15-16-13(17)19)11-5-2-6-20-11/h1-8,18H,(H,16,19)/b14-8-. The Kier molecular flexibility index (Phi) is 3.44. The molecule has 1 aromatic carbocycles. The Hall–Kier alpha value is -2.25. The minimum atomic E-state index is 0.197. The highest BCUT2D eigenvalue weighted by Crippen LogP contribution is 2.22. The number of nitrogens with zero attached hydrogens (tertiary/aromatic N) is 3. The Balaban J connectivity index is 1.99. The normalized spacial score (nSPS) is 11.2. The predicted molar refractivity (Wildman–Crippen MR) is 81.8 cm³/mol. The first-order valence-electron chi connectivity index (χ1n) is 5.79. The van der Waals surface area contributed by atoms with Gasteiger partial charge in [-0.2, -0.15) is 14.9 Å². The summed E-state index contributed by atoms with van der Waals surface area (Å²) in [5.41, 5.74) is 0.783. The molecule has 0 atom stereocenters. The Morgan fingerprint density at radius 2 is 2.25 bits per heavy atom. The Bertz CT molecular complexity index is 802. The van der Waals surface area contributed by atoms with Crippen molar-refractivity contribution in [1.29, 1.82) is 0 Å². The molecule has 5 nitrogen and oxygen atoms in total. The van der Waals surface area contributed by atoms with Crippen molar-refractivity contribution in [1.82, 2.24) is 14.9 Å². The van der Waals surface area contributed by atoms with Crippen LogP contribution in [0.5, 0.6) is 5.75 Å². The number of hydrogen-bond acceptors (Lipinski definition) is 5. The topological polar surface area (TPSA) is 66.2 Å². The van der Waals surface area contributed by atoms with E-state index in [1.165, 1.54) is 0 Å². The Morgan fingerprint density at radius 1 is 1.35 bits per heavy atom. The van der Waals surface area contributed by atoms with Crippen LogP contribution in [0.15, 0.2) is 46.9 Å². The molecule has 7 heteroatoms. The lowest BCUT2D eigenvalue weighted by molar-refractivity contribution is 0.475. The van der Waals surface area contributed by atoms with Gasteiger partial charge in [0.15, 0.2) is 5.82 Å². The molecular weight excluding hydrogens is 292 g/mol. The molecule has 3 aromatic rings. The Morgan fingerprint density at radius 3 is 3.00 bits per heavy atom. The van der Waals surface area contributed by atoms with Crippen LogP contribution in [0.2, 0.25) is 0 Å². The van der Waals surface area contributed by atoms with Crippen molar-refractivity contribution in [2.24, 2.45) is 5.10 Å². The summed E-state index contributed by atoms with van der Waals surface area (Å²) in [7, 11) is 0. The average Bonchev–Trinajstić information content (AvgIpc) is 3.06. The molecule has 0 aliphatic heterocycles. The summed E-state index contributed by atoms with van der Waals surface area (Å²) in [5, 5.41) is 22.6. The van der Waals surface area contributed by atoms with Gasteiger partial charge < -0.3 is 5.11 Å². The van der Waals surface area contributed by atoms with E-state index in [1.54, 1.807) is 40.4 Å². The molecule has 0 unspecified atom stereocenters. The number of aromatic hydroxyl groups is 1. The smallest absolute Gasteiger partial charge is 0.216 e. The van der Waals surface area contributed by atoms with E-state index in [4.69, 9.17) is 12.2 Å². The fourth-order valence-corrected chi connectivity index (χ4v) is 2.57. The van der Waals surface area contributed by atoms with Crippen LogP contribution < -0.4 is 0 Å². The van der Waals surface area contributed by atoms with Gasteiger partial charge in [0.05, 0.1) is 11.1 Å². The molecule has 100 valence electrons. The highest BCUT2D eigenvalue weighted by atomic mass is 32.1. The Labute approximate surface area is 123 Å². The molecule has 0 spiro atoms. The van der Waals surface area contributed by atoms with Crippen molar-refractivity contribution in [2.45, 2.75) is 0 Å². The second-order valence-electron chi connectivity index (χ2n) is 3.98. The molecule has 0 amide bonds. The monoisotopic (exact) mass is 302 g/mol. The van der Waals surface area contributed by atoms with E-state index in [-0.39, 0.29) is 5.75 Å². The van der Waals surface area contributed by atoms with Crippen molar-refractivity contribution in [3.8, 4) is 16.5 Å². The quantitative estimate of drug-likeness (QED) is 0.576. The number of hydrogen-bond donors (Lipinski definition) is 2. The molecule has 0 saturated carbocycles. The molecule has 0 aliphatic carbocycles. The summed E-state index contributed by atoms with van der Waals surface area (Å²) in [4.78, 5) is 0.977. The van der Waals surface area contributed by atoms with Crippen molar-refractivity contribution < 1.29 is 5.11 Å². The summed E-state index contributed by atoms with van der Waals surface area (Å²) in [5.74, 6) is 0.865. The van der Waals surface area contributed by atoms with Crippen LogP contribution >= 0.6 is 23.6 Å². The third-order valence-corrected chi connectivity index (χ3v) is 3.71. The maximum Gasteiger partial charge on any atom is 0.216 e. The lowest BCUT2D eigenvalue weighted by Gasteiger charge is -1.98. The fourth-order valence-electron chi connectivity index (χ4n) is 1.69. The number of rotatable bonds is 3. The summed E-state index contributed by atoms with van der Waals surface area (Å²) in [6.07, 6.45) is 1.63. The van der Waals surface area contributed by atoms with Gasteiger partial charge in [0.25, 0.3) is 0 Å². The van der Waals surface area contributed by atoms with Crippen molar-refractivity contribution >= 4 is 29.8 Å². The number of thiophene rings is 1. The van der Waals surface area contributed by atoms with E-state index < -0.39 is 0 Å². The average molecular weight is 302 g/mol. The first kappa shape index (κ1) is 12.8. The molecule has 0 radical (unpaired) electrons. The number of H-pyrrole nitrogens is 1. The third kappa shape index (κ3) is 2.54. The maximum absolute atomic E-state index is 9.42. The van der Waals surface area contributed by atoms with Crippen LogP contribution in [-0.4, -0.2) is 26.2 Å². The number of nitrogens with one attached hydrogen (secondary N) is 1. The van der Waals surface area contributed by atoms with Crippen LogP contribution in [0, 0.1) is 4.77 Å². The zero-order valence-corrected chi connectivity index (χ0v) is 11.9. The summed E-state index contributed by atoms with van der Waals surface area (Å²) in [6, 6.07) is 10.7. The minimum absolute atomic E-state index is 0.197. The first-order valence-corrected chi connectivity index (χ1v) is 7.07. The first-order chi connectivity index (χ1) is 9.74. The molecular formula is C13H10N4OS2. The molecule has 20 heavy (non-hydrogen) atoms. The molecule has 0 aliphatic rings. The van der Waals surface area contributed by atoms with Crippen LogP contribution in [0.4, 0.5) is 0 Å². The second-order valence-corrected chi connectivity index (χ2v) is 5.32. The lowest BCUT2D eigenvalue weighted by atomic mass is 10.2. The van der Waals surface area contributed by atoms with Crippen molar-refractivity contribution in [2.75, 3.05) is 0 Å². The van der Waals surface area contributed by atoms with Crippen molar-refractivity contribution in [3.05, 3.63) is 52.1 Å². The van der Waals surface area contributed by atoms with Crippen molar-refractivity contribution in [3.63, 3.8) is 0 Å². The van der Waals surface area contributed by atoms with Gasteiger partial charge in [-0.25, -0.2) is 5.10 Å². The van der Waals surface area contributed by atoms with E-state index in [2.05, 4.69) is 15.3 Å². The largest absolute Gasteiger partial charge is 0.508 e. The van der Waals surface area contributed by atoms with Gasteiger partial charge in [-0.05, 0) is 41.4 Å². The zero-order chi connectivity index (χ0) is 13.9. The summed E-state index contributed by atoms with van der Waals surface area (Å²) in [6.45, 7) is 0. The summed E-state index contributed by atoms with van der Waals surface area (Å²) >= 11 is 6.74. The van der Waals surface area contributed by atoms with Gasteiger partial charge in [0, 0.05) is 0 Å². The van der Waals surface area contributed by atoms with Crippen LogP contribution in [0.25, 0.3) is 10.7 Å². The maximum atomic E-state index is 9.42. The van der Waals surface area contributed by atoms with Crippen LogP contribution in [-0.2, 0) is 0 Å². The molecule has 0 saturated heterocycles. The molecule has 2 N–H and O–H groups in total. The molecule has 0 bridgehead atoms. The van der Waals surface area contributed by atoms with Gasteiger partial charge in [-0.15, -0.1) is 11.3 Å². The van der Waals surface area contributed by atoms with Gasteiger partial charge in [-0.3, -0.25) is 0 Å². The van der Waals surface area contributed by atoms with Gasteiger partial charge in [-0.1, -0.05) is 18.2 Å². The fraction of sp³-hybridized carbons (Fsp3) is 0. The van der Waals surface area contributed by atoms with E-state index in [1.807, 2.05) is 23.6 Å². The molecule has 0 fully saturated rings. The lowest BCUT2D eigenvalue weighted by Crippen LogP contribution is -1.93. The molecule has 2 aromatic heterocycles. The predicted octanol–water partition coefficient (Wildman–Crippen LogP) is 3.26. The van der Waals surface area contributed by atoms with E-state index in [9.17, 15) is 5.11 Å². The highest BCUT2D eigenvalue weighted by molar-refractivity contribution is 7.71. The highest BCUT2D eigenvalue weighted by Gasteiger charge is 2.08. The molecule has 3 rings (SSSR count). The number of benzene rings is 1. The minimum Gasteiger partial charge on any atom is -0.508 e. The number of phenolic OH excluding ortho intramolecular Hbond substituents is 1.